The number of halogens is 3. The van der Waals surface area contributed by atoms with E-state index < -0.39 is 12.1 Å². The van der Waals surface area contributed by atoms with Gasteiger partial charge in [0.05, 0.1) is 20.8 Å². The van der Waals surface area contributed by atoms with Crippen molar-refractivity contribution in [3.63, 3.8) is 0 Å². The first kappa shape index (κ1) is 22.6. The first-order valence-electron chi connectivity index (χ1n) is 9.34. The molecule has 0 radical (unpaired) electrons. The molecule has 0 atom stereocenters. The Morgan fingerprint density at radius 3 is 2.31 bits per heavy atom. The second-order valence-corrected chi connectivity index (χ2v) is 6.15. The van der Waals surface area contributed by atoms with Gasteiger partial charge in [0.25, 0.3) is 0 Å². The molecular formula is C20H25F3N2O4. The third kappa shape index (κ3) is 6.13. The van der Waals surface area contributed by atoms with Gasteiger partial charge in [-0.3, -0.25) is 0 Å². The van der Waals surface area contributed by atoms with Gasteiger partial charge in [-0.1, -0.05) is 26.7 Å². The normalized spacial score (nSPS) is 11.3. The molecule has 0 spiro atoms. The molecule has 0 unspecified atom stereocenters. The van der Waals surface area contributed by atoms with Crippen molar-refractivity contribution in [2.75, 3.05) is 20.8 Å². The average molecular weight is 414 g/mol. The molecule has 9 heteroatoms. The van der Waals surface area contributed by atoms with Crippen LogP contribution in [0.3, 0.4) is 0 Å². The highest BCUT2D eigenvalue weighted by Crippen LogP contribution is 2.38. The zero-order valence-corrected chi connectivity index (χ0v) is 16.9. The Labute approximate surface area is 168 Å². The summed E-state index contributed by atoms with van der Waals surface area (Å²) in [6.45, 7) is 4.54. The van der Waals surface area contributed by atoms with Crippen molar-refractivity contribution in [3.05, 3.63) is 23.9 Å². The van der Waals surface area contributed by atoms with E-state index in [1.54, 1.807) is 0 Å². The van der Waals surface area contributed by atoms with E-state index in [0.29, 0.717) is 35.9 Å². The Morgan fingerprint density at radius 1 is 0.966 bits per heavy atom. The third-order valence-corrected chi connectivity index (χ3v) is 4.08. The highest BCUT2D eigenvalue weighted by atomic mass is 19.4. The minimum atomic E-state index is -4.80. The predicted molar refractivity (Wildman–Crippen MR) is 102 cm³/mol. The van der Waals surface area contributed by atoms with Crippen molar-refractivity contribution >= 4 is 0 Å². The Balaban J connectivity index is 2.42. The smallest absolute Gasteiger partial charge is 0.496 e. The van der Waals surface area contributed by atoms with Crippen molar-refractivity contribution < 1.29 is 32.1 Å². The van der Waals surface area contributed by atoms with Crippen LogP contribution in [-0.2, 0) is 6.42 Å². The second-order valence-electron chi connectivity index (χ2n) is 6.15. The molecule has 0 saturated carbocycles. The minimum absolute atomic E-state index is 0.151. The quantitative estimate of drug-likeness (QED) is 0.499. The topological polar surface area (TPSA) is 62.7 Å². The maximum absolute atomic E-state index is 12.5. The molecule has 0 fully saturated rings. The summed E-state index contributed by atoms with van der Waals surface area (Å²) >= 11 is 0. The Hall–Kier alpha value is -2.71. The molecule has 1 aromatic carbocycles. The highest BCUT2D eigenvalue weighted by Gasteiger charge is 2.31. The fourth-order valence-electron chi connectivity index (χ4n) is 2.69. The number of aryl methyl sites for hydroxylation is 1. The van der Waals surface area contributed by atoms with E-state index in [4.69, 9.17) is 14.2 Å². The first-order chi connectivity index (χ1) is 13.8. The van der Waals surface area contributed by atoms with Crippen molar-refractivity contribution in [2.45, 2.75) is 45.9 Å². The molecule has 0 N–H and O–H groups in total. The molecule has 29 heavy (non-hydrogen) atoms. The number of hydrogen-bond acceptors (Lipinski definition) is 6. The number of methoxy groups -OCH3 is 2. The van der Waals surface area contributed by atoms with Gasteiger partial charge in [0.1, 0.15) is 22.9 Å². The average Bonchev–Trinajstić information content (AvgIpc) is 2.69. The van der Waals surface area contributed by atoms with Gasteiger partial charge in [0, 0.05) is 11.6 Å². The standard InChI is InChI=1S/C20H25F3N2O4/c1-5-7-8-11-28-18-15(6-2)24-17(19(25-18)27-4)14-10-9-13(12-16(14)26-3)29-20(21,22)23/h9-10,12H,5-8,11H2,1-4H3. The Kier molecular flexibility index (Phi) is 7.92. The molecule has 0 amide bonds. The lowest BCUT2D eigenvalue weighted by atomic mass is 10.1. The van der Waals surface area contributed by atoms with E-state index in [1.807, 2.05) is 6.92 Å². The van der Waals surface area contributed by atoms with Gasteiger partial charge in [0.15, 0.2) is 0 Å². The van der Waals surface area contributed by atoms with Gasteiger partial charge in [-0.2, -0.15) is 4.98 Å². The van der Waals surface area contributed by atoms with Crippen LogP contribution in [0.4, 0.5) is 13.2 Å². The molecule has 0 saturated heterocycles. The van der Waals surface area contributed by atoms with Gasteiger partial charge in [-0.25, -0.2) is 4.98 Å². The molecule has 1 heterocycles. The fourth-order valence-corrected chi connectivity index (χ4v) is 2.69. The number of benzene rings is 1. The number of nitrogens with zero attached hydrogens (tertiary/aromatic N) is 2. The van der Waals surface area contributed by atoms with E-state index >= 15 is 0 Å². The predicted octanol–water partition coefficient (Wildman–Crippen LogP) is 5.19. The summed E-state index contributed by atoms with van der Waals surface area (Å²) in [6.07, 6.45) is -1.21. The number of hydrogen-bond donors (Lipinski definition) is 0. The van der Waals surface area contributed by atoms with Crippen LogP contribution in [0.25, 0.3) is 11.3 Å². The summed E-state index contributed by atoms with van der Waals surface area (Å²) < 4.78 is 57.8. The minimum Gasteiger partial charge on any atom is -0.496 e. The molecule has 0 aliphatic rings. The fraction of sp³-hybridized carbons (Fsp3) is 0.500. The summed E-state index contributed by atoms with van der Waals surface area (Å²) in [6, 6.07) is 3.76. The van der Waals surface area contributed by atoms with E-state index in [1.165, 1.54) is 26.4 Å². The molecular weight excluding hydrogens is 389 g/mol. The van der Waals surface area contributed by atoms with Gasteiger partial charge in [-0.05, 0) is 25.0 Å². The molecule has 2 rings (SSSR count). The first-order valence-corrected chi connectivity index (χ1v) is 9.34. The van der Waals surface area contributed by atoms with Crippen LogP contribution in [0.15, 0.2) is 18.2 Å². The molecule has 0 bridgehead atoms. The van der Waals surface area contributed by atoms with Gasteiger partial charge in [-0.15, -0.1) is 13.2 Å². The molecule has 0 aliphatic carbocycles. The monoisotopic (exact) mass is 414 g/mol. The number of alkyl halides is 3. The number of aromatic nitrogens is 2. The van der Waals surface area contributed by atoms with Crippen molar-refractivity contribution in [3.8, 4) is 34.5 Å². The zero-order chi connectivity index (χ0) is 21.4. The number of unbranched alkanes of at least 4 members (excludes halogenated alkanes) is 2. The summed E-state index contributed by atoms with van der Waals surface area (Å²) in [5.74, 6) is 0.338. The van der Waals surface area contributed by atoms with Crippen molar-refractivity contribution in [2.24, 2.45) is 0 Å². The van der Waals surface area contributed by atoms with Crippen LogP contribution in [0.2, 0.25) is 0 Å². The van der Waals surface area contributed by atoms with E-state index in [0.717, 1.165) is 25.3 Å². The third-order valence-electron chi connectivity index (χ3n) is 4.08. The van der Waals surface area contributed by atoms with Crippen LogP contribution in [0.5, 0.6) is 23.3 Å². The lowest BCUT2D eigenvalue weighted by Crippen LogP contribution is -2.17. The van der Waals surface area contributed by atoms with Crippen molar-refractivity contribution in [1.29, 1.82) is 0 Å². The van der Waals surface area contributed by atoms with Crippen LogP contribution < -0.4 is 18.9 Å². The van der Waals surface area contributed by atoms with Gasteiger partial charge < -0.3 is 18.9 Å². The van der Waals surface area contributed by atoms with Crippen LogP contribution >= 0.6 is 0 Å². The van der Waals surface area contributed by atoms with Crippen LogP contribution in [-0.4, -0.2) is 37.2 Å². The maximum Gasteiger partial charge on any atom is 0.573 e. The van der Waals surface area contributed by atoms with Crippen LogP contribution in [0.1, 0.15) is 38.8 Å². The lowest BCUT2D eigenvalue weighted by Gasteiger charge is -2.16. The van der Waals surface area contributed by atoms with Crippen LogP contribution in [0, 0.1) is 0 Å². The number of rotatable bonds is 10. The van der Waals surface area contributed by atoms with Crippen molar-refractivity contribution in [1.82, 2.24) is 9.97 Å². The molecule has 0 aliphatic heterocycles. The Morgan fingerprint density at radius 2 is 1.72 bits per heavy atom. The molecule has 1 aromatic heterocycles. The van der Waals surface area contributed by atoms with E-state index in [2.05, 4.69) is 21.6 Å². The molecule has 2 aromatic rings. The Bertz CT molecular complexity index is 813. The van der Waals surface area contributed by atoms with Gasteiger partial charge in [0.2, 0.25) is 11.8 Å². The highest BCUT2D eigenvalue weighted by molar-refractivity contribution is 5.72. The zero-order valence-electron chi connectivity index (χ0n) is 16.9. The maximum atomic E-state index is 12.5. The SMILES string of the molecule is CCCCCOc1nc(OC)c(-c2ccc(OC(F)(F)F)cc2OC)nc1CC. The number of ether oxygens (including phenoxy) is 4. The summed E-state index contributed by atoms with van der Waals surface area (Å²) in [4.78, 5) is 9.01. The molecule has 6 nitrogen and oxygen atoms in total. The van der Waals surface area contributed by atoms with E-state index in [9.17, 15) is 13.2 Å². The molecule has 160 valence electrons. The summed E-state index contributed by atoms with van der Waals surface area (Å²) in [5, 5.41) is 0. The van der Waals surface area contributed by atoms with E-state index in [-0.39, 0.29) is 11.6 Å². The summed E-state index contributed by atoms with van der Waals surface area (Å²) in [5.41, 5.74) is 1.40. The summed E-state index contributed by atoms with van der Waals surface area (Å²) in [7, 11) is 2.79. The second kappa shape index (κ2) is 10.2. The lowest BCUT2D eigenvalue weighted by molar-refractivity contribution is -0.274. The van der Waals surface area contributed by atoms with Gasteiger partial charge >= 0.3 is 6.36 Å². The largest absolute Gasteiger partial charge is 0.573 e.